The van der Waals surface area contributed by atoms with E-state index in [1.165, 1.54) is 24.3 Å². The maximum absolute atomic E-state index is 13.0. The molecule has 0 saturated carbocycles. The van der Waals surface area contributed by atoms with Gasteiger partial charge in [0, 0.05) is 28.6 Å². The number of benzene rings is 3. The molecule has 8 nitrogen and oxygen atoms in total. The van der Waals surface area contributed by atoms with Crippen molar-refractivity contribution in [1.82, 2.24) is 10.2 Å². The number of H-pyrrole nitrogens is 1. The third-order valence-electron chi connectivity index (χ3n) is 4.91. The topological polar surface area (TPSA) is 135 Å². The maximum atomic E-state index is 13.0. The van der Waals surface area contributed by atoms with Crippen molar-refractivity contribution in [2.45, 2.75) is 16.7 Å². The van der Waals surface area contributed by atoms with E-state index in [2.05, 4.69) is 14.9 Å². The van der Waals surface area contributed by atoms with E-state index in [0.717, 1.165) is 17.4 Å². The SMILES string of the molecule is Cc1ccc(-c2n[nH]c3ccc(NS(=O)(=O)c4ccccc4S(C)(=O)=O)cc23)cc1N. The number of aryl methyl sites for hydroxylation is 1. The minimum atomic E-state index is -4.15. The fourth-order valence-electron chi connectivity index (χ4n) is 3.27. The van der Waals surface area contributed by atoms with Gasteiger partial charge in [0.25, 0.3) is 10.0 Å². The van der Waals surface area contributed by atoms with Gasteiger partial charge in [0.15, 0.2) is 9.84 Å². The number of nitrogens with two attached hydrogens (primary N) is 1. The van der Waals surface area contributed by atoms with Gasteiger partial charge in [-0.15, -0.1) is 0 Å². The van der Waals surface area contributed by atoms with Crippen LogP contribution in [0.2, 0.25) is 0 Å². The van der Waals surface area contributed by atoms with Gasteiger partial charge in [-0.25, -0.2) is 16.8 Å². The molecule has 1 aromatic heterocycles. The highest BCUT2D eigenvalue weighted by atomic mass is 32.2. The molecule has 10 heteroatoms. The van der Waals surface area contributed by atoms with Crippen LogP contribution in [0.25, 0.3) is 22.2 Å². The van der Waals surface area contributed by atoms with E-state index in [1.807, 2.05) is 25.1 Å². The molecule has 0 atom stereocenters. The first-order valence-electron chi connectivity index (χ1n) is 9.23. The Morgan fingerprint density at radius 1 is 0.935 bits per heavy atom. The van der Waals surface area contributed by atoms with Crippen molar-refractivity contribution in [1.29, 1.82) is 0 Å². The number of hydrogen-bond donors (Lipinski definition) is 3. The fourth-order valence-corrected chi connectivity index (χ4v) is 5.95. The lowest BCUT2D eigenvalue weighted by Crippen LogP contribution is -2.16. The summed E-state index contributed by atoms with van der Waals surface area (Å²) in [6.07, 6.45) is 0.971. The molecule has 4 N–H and O–H groups in total. The van der Waals surface area contributed by atoms with Crippen LogP contribution < -0.4 is 10.5 Å². The summed E-state index contributed by atoms with van der Waals surface area (Å²) in [5, 5.41) is 7.96. The summed E-state index contributed by atoms with van der Waals surface area (Å²) in [7, 11) is -7.88. The number of nitrogens with zero attached hydrogens (tertiary/aromatic N) is 1. The van der Waals surface area contributed by atoms with Crippen LogP contribution in [-0.2, 0) is 19.9 Å². The predicted molar refractivity (Wildman–Crippen MR) is 121 cm³/mol. The highest BCUT2D eigenvalue weighted by molar-refractivity contribution is 7.95. The first-order chi connectivity index (χ1) is 14.6. The van der Waals surface area contributed by atoms with Gasteiger partial charge in [0.2, 0.25) is 0 Å². The molecule has 3 aromatic carbocycles. The molecule has 0 spiro atoms. The minimum absolute atomic E-state index is 0.261. The van der Waals surface area contributed by atoms with E-state index in [9.17, 15) is 16.8 Å². The maximum Gasteiger partial charge on any atom is 0.263 e. The molecule has 0 saturated heterocycles. The summed E-state index contributed by atoms with van der Waals surface area (Å²) in [6, 6.07) is 16.0. The number of hydrogen-bond acceptors (Lipinski definition) is 6. The number of nitrogens with one attached hydrogen (secondary N) is 2. The highest BCUT2D eigenvalue weighted by Gasteiger charge is 2.24. The molecule has 0 unspecified atom stereocenters. The van der Waals surface area contributed by atoms with Crippen LogP contribution in [0, 0.1) is 6.92 Å². The predicted octanol–water partition coefficient (Wildman–Crippen LogP) is 3.32. The Bertz CT molecular complexity index is 1520. The zero-order chi connectivity index (χ0) is 22.4. The lowest BCUT2D eigenvalue weighted by molar-refractivity contribution is 0.588. The average Bonchev–Trinajstić information content (AvgIpc) is 3.12. The minimum Gasteiger partial charge on any atom is -0.398 e. The third kappa shape index (κ3) is 3.99. The largest absolute Gasteiger partial charge is 0.398 e. The molecule has 0 bridgehead atoms. The van der Waals surface area contributed by atoms with Crippen LogP contribution in [0.3, 0.4) is 0 Å². The van der Waals surface area contributed by atoms with Gasteiger partial charge in [0.1, 0.15) is 10.6 Å². The van der Waals surface area contributed by atoms with Crippen molar-refractivity contribution in [3.05, 3.63) is 66.2 Å². The molecule has 4 rings (SSSR count). The second-order valence-corrected chi connectivity index (χ2v) is 10.9. The molecule has 0 aliphatic carbocycles. The van der Waals surface area contributed by atoms with E-state index >= 15 is 0 Å². The molecule has 31 heavy (non-hydrogen) atoms. The van der Waals surface area contributed by atoms with Crippen molar-refractivity contribution in [3.8, 4) is 11.3 Å². The Balaban J connectivity index is 1.77. The number of fused-ring (bicyclic) bond motifs is 1. The molecular formula is C21H20N4O4S2. The molecule has 1 heterocycles. The Labute approximate surface area is 180 Å². The second kappa shape index (κ2) is 7.40. The smallest absolute Gasteiger partial charge is 0.263 e. The normalized spacial score (nSPS) is 12.2. The van der Waals surface area contributed by atoms with Crippen molar-refractivity contribution >= 4 is 42.1 Å². The lowest BCUT2D eigenvalue weighted by atomic mass is 10.0. The van der Waals surface area contributed by atoms with Gasteiger partial charge in [-0.2, -0.15) is 5.10 Å². The van der Waals surface area contributed by atoms with Gasteiger partial charge in [0.05, 0.1) is 10.4 Å². The third-order valence-corrected chi connectivity index (χ3v) is 7.63. The standard InChI is InChI=1S/C21H20N4O4S2/c1-13-7-8-14(11-17(13)22)21-16-12-15(9-10-18(16)23-24-21)25-31(28,29)20-6-4-3-5-19(20)30(2,26)27/h3-12,25H,22H2,1-2H3,(H,23,24). The van der Waals surface area contributed by atoms with E-state index in [4.69, 9.17) is 5.73 Å². The van der Waals surface area contributed by atoms with Crippen LogP contribution in [0.5, 0.6) is 0 Å². The first kappa shape index (κ1) is 20.9. The summed E-state index contributed by atoms with van der Waals surface area (Å²) in [5.74, 6) is 0. The summed E-state index contributed by atoms with van der Waals surface area (Å²) in [4.78, 5) is -0.570. The number of aromatic amines is 1. The van der Waals surface area contributed by atoms with E-state index in [0.29, 0.717) is 22.3 Å². The molecule has 0 amide bonds. The number of anilines is 2. The molecule has 160 valence electrons. The summed E-state index contributed by atoms with van der Waals surface area (Å²) < 4.78 is 52.5. The number of rotatable bonds is 5. The summed E-state index contributed by atoms with van der Waals surface area (Å²) in [6.45, 7) is 1.91. The van der Waals surface area contributed by atoms with Crippen LogP contribution in [0.1, 0.15) is 5.56 Å². The van der Waals surface area contributed by atoms with Gasteiger partial charge < -0.3 is 5.73 Å². The molecule has 0 fully saturated rings. The first-order valence-corrected chi connectivity index (χ1v) is 12.6. The molecular weight excluding hydrogens is 436 g/mol. The number of sulfonamides is 1. The van der Waals surface area contributed by atoms with Crippen molar-refractivity contribution in [3.63, 3.8) is 0 Å². The van der Waals surface area contributed by atoms with Crippen LogP contribution in [0.15, 0.2) is 70.5 Å². The van der Waals surface area contributed by atoms with Crippen LogP contribution in [0.4, 0.5) is 11.4 Å². The van der Waals surface area contributed by atoms with Gasteiger partial charge >= 0.3 is 0 Å². The highest BCUT2D eigenvalue weighted by Crippen LogP contribution is 2.31. The van der Waals surface area contributed by atoms with Gasteiger partial charge in [-0.3, -0.25) is 9.82 Å². The van der Waals surface area contributed by atoms with E-state index in [-0.39, 0.29) is 15.5 Å². The zero-order valence-corrected chi connectivity index (χ0v) is 18.4. The number of nitrogen functional groups attached to an aromatic ring is 1. The van der Waals surface area contributed by atoms with Gasteiger partial charge in [-0.1, -0.05) is 24.3 Å². The van der Waals surface area contributed by atoms with Gasteiger partial charge in [-0.05, 0) is 48.9 Å². The Kier molecular flexibility index (Phi) is 4.98. The molecule has 0 radical (unpaired) electrons. The number of aromatic nitrogens is 2. The summed E-state index contributed by atoms with van der Waals surface area (Å²) in [5.41, 5.74) is 10.00. The number of sulfone groups is 1. The Morgan fingerprint density at radius 2 is 1.65 bits per heavy atom. The van der Waals surface area contributed by atoms with E-state index in [1.54, 1.807) is 18.2 Å². The van der Waals surface area contributed by atoms with Crippen LogP contribution in [-0.4, -0.2) is 33.3 Å². The summed E-state index contributed by atoms with van der Waals surface area (Å²) >= 11 is 0. The Morgan fingerprint density at radius 3 is 2.32 bits per heavy atom. The lowest BCUT2D eigenvalue weighted by Gasteiger charge is -2.11. The average molecular weight is 457 g/mol. The molecule has 0 aliphatic heterocycles. The zero-order valence-electron chi connectivity index (χ0n) is 16.7. The monoisotopic (exact) mass is 456 g/mol. The molecule has 4 aromatic rings. The second-order valence-electron chi connectivity index (χ2n) is 7.23. The van der Waals surface area contributed by atoms with Crippen molar-refractivity contribution < 1.29 is 16.8 Å². The quantitative estimate of drug-likeness (QED) is 0.394. The van der Waals surface area contributed by atoms with Crippen LogP contribution >= 0.6 is 0 Å². The van der Waals surface area contributed by atoms with Crippen molar-refractivity contribution in [2.75, 3.05) is 16.7 Å². The Hall–Kier alpha value is -3.37. The van der Waals surface area contributed by atoms with Crippen molar-refractivity contribution in [2.24, 2.45) is 0 Å². The van der Waals surface area contributed by atoms with E-state index < -0.39 is 19.9 Å². The molecule has 0 aliphatic rings. The fraction of sp³-hybridized carbons (Fsp3) is 0.0952.